The van der Waals surface area contributed by atoms with Crippen molar-refractivity contribution in [3.63, 3.8) is 0 Å². The van der Waals surface area contributed by atoms with Crippen molar-refractivity contribution in [1.29, 1.82) is 0 Å². The normalized spacial score (nSPS) is 16.4. The molecule has 0 saturated heterocycles. The van der Waals surface area contributed by atoms with Crippen LogP contribution in [0.25, 0.3) is 0 Å². The molecule has 4 nitrogen and oxygen atoms in total. The van der Waals surface area contributed by atoms with E-state index in [0.29, 0.717) is 11.3 Å². The van der Waals surface area contributed by atoms with E-state index < -0.39 is 0 Å². The minimum Gasteiger partial charge on any atom is -0.272 e. The monoisotopic (exact) mass is 225 g/mol. The molecule has 1 aliphatic rings. The van der Waals surface area contributed by atoms with Crippen LogP contribution in [0.5, 0.6) is 0 Å². The van der Waals surface area contributed by atoms with Crippen LogP contribution in [0.2, 0.25) is 0 Å². The van der Waals surface area contributed by atoms with Crippen molar-refractivity contribution in [1.82, 2.24) is 14.8 Å². The predicted octanol–water partition coefficient (Wildman–Crippen LogP) is 2.12. The molecule has 0 atom stereocenters. The molecule has 5 heteroatoms. The van der Waals surface area contributed by atoms with Gasteiger partial charge in [-0.1, -0.05) is 11.6 Å². The van der Waals surface area contributed by atoms with Crippen molar-refractivity contribution in [2.45, 2.75) is 38.6 Å². The summed E-state index contributed by atoms with van der Waals surface area (Å²) in [6.07, 6.45) is 8.18. The smallest absolute Gasteiger partial charge is 0.272 e. The van der Waals surface area contributed by atoms with E-state index in [1.165, 1.54) is 31.3 Å². The molecule has 0 saturated carbocycles. The Hall–Kier alpha value is -1.10. The third kappa shape index (κ3) is 2.47. The Labute approximate surface area is 93.0 Å². The lowest BCUT2D eigenvalue weighted by atomic mass is 9.97. The van der Waals surface area contributed by atoms with E-state index in [9.17, 15) is 4.79 Å². The molecular formula is C10H15N3OS. The number of nitrogens with zero attached hydrogens (tertiary/aromatic N) is 1. The van der Waals surface area contributed by atoms with Gasteiger partial charge in [0.15, 0.2) is 4.77 Å². The summed E-state index contributed by atoms with van der Waals surface area (Å²) in [7, 11) is 0. The highest BCUT2D eigenvalue weighted by molar-refractivity contribution is 7.71. The van der Waals surface area contributed by atoms with Crippen molar-refractivity contribution >= 4 is 12.2 Å². The second-order valence-electron chi connectivity index (χ2n) is 3.87. The van der Waals surface area contributed by atoms with Crippen molar-refractivity contribution in [2.75, 3.05) is 0 Å². The van der Waals surface area contributed by atoms with Crippen molar-refractivity contribution < 1.29 is 0 Å². The molecule has 0 radical (unpaired) electrons. The Kier molecular flexibility index (Phi) is 3.20. The minimum atomic E-state index is -0.142. The van der Waals surface area contributed by atoms with Crippen LogP contribution < -0.4 is 5.69 Å². The Morgan fingerprint density at radius 1 is 1.40 bits per heavy atom. The number of aromatic amines is 2. The van der Waals surface area contributed by atoms with Gasteiger partial charge in [-0.15, -0.1) is 0 Å². The fraction of sp³-hybridized carbons (Fsp3) is 0.600. The quantitative estimate of drug-likeness (QED) is 0.611. The number of allylic oxidation sites excluding steroid dienone is 2. The maximum Gasteiger partial charge on any atom is 0.342 e. The molecule has 0 spiro atoms. The molecule has 0 fully saturated rings. The molecule has 0 amide bonds. The first-order valence-corrected chi connectivity index (χ1v) is 5.73. The maximum atomic E-state index is 11.3. The molecule has 0 unspecified atom stereocenters. The van der Waals surface area contributed by atoms with E-state index in [1.54, 1.807) is 4.57 Å². The van der Waals surface area contributed by atoms with Gasteiger partial charge in [0.2, 0.25) is 0 Å². The van der Waals surface area contributed by atoms with Gasteiger partial charge in [-0.2, -0.15) is 0 Å². The Morgan fingerprint density at radius 2 is 2.27 bits per heavy atom. The highest BCUT2D eigenvalue weighted by Gasteiger charge is 2.05. The average Bonchev–Trinajstić information content (AvgIpc) is 2.58. The first-order valence-electron chi connectivity index (χ1n) is 5.33. The van der Waals surface area contributed by atoms with Crippen LogP contribution in [0.15, 0.2) is 16.4 Å². The fourth-order valence-corrected chi connectivity index (χ4v) is 2.15. The second kappa shape index (κ2) is 4.61. The maximum absolute atomic E-state index is 11.3. The van der Waals surface area contributed by atoms with Gasteiger partial charge in [0.05, 0.1) is 0 Å². The number of H-pyrrole nitrogens is 2. The van der Waals surface area contributed by atoms with Gasteiger partial charge in [-0.05, 0) is 44.3 Å². The van der Waals surface area contributed by atoms with Gasteiger partial charge in [0.1, 0.15) is 0 Å². The highest BCUT2D eigenvalue weighted by Crippen LogP contribution is 2.20. The third-order valence-electron chi connectivity index (χ3n) is 2.81. The van der Waals surface area contributed by atoms with Gasteiger partial charge < -0.3 is 0 Å². The summed E-state index contributed by atoms with van der Waals surface area (Å²) >= 11 is 5.00. The molecule has 0 aromatic carbocycles. The summed E-state index contributed by atoms with van der Waals surface area (Å²) in [6, 6.07) is 0. The SMILES string of the molecule is O=c1[nH][nH]c(=S)n1CCC1=CCCCC1. The molecular weight excluding hydrogens is 210 g/mol. The van der Waals surface area contributed by atoms with Crippen LogP contribution in [0.4, 0.5) is 0 Å². The van der Waals surface area contributed by atoms with E-state index in [0.717, 1.165) is 6.42 Å². The molecule has 0 aliphatic heterocycles. The first kappa shape index (κ1) is 10.4. The number of nitrogens with one attached hydrogen (secondary N) is 2. The lowest BCUT2D eigenvalue weighted by Crippen LogP contribution is -2.17. The van der Waals surface area contributed by atoms with Crippen molar-refractivity contribution in [3.8, 4) is 0 Å². The molecule has 1 aromatic heterocycles. The van der Waals surface area contributed by atoms with Gasteiger partial charge in [0, 0.05) is 6.54 Å². The van der Waals surface area contributed by atoms with Crippen LogP contribution in [0.3, 0.4) is 0 Å². The van der Waals surface area contributed by atoms with Crippen LogP contribution in [-0.4, -0.2) is 14.8 Å². The summed E-state index contributed by atoms with van der Waals surface area (Å²) in [4.78, 5) is 11.3. The van der Waals surface area contributed by atoms with Crippen LogP contribution >= 0.6 is 12.2 Å². The van der Waals surface area contributed by atoms with E-state index in [-0.39, 0.29) is 5.69 Å². The zero-order valence-corrected chi connectivity index (χ0v) is 9.40. The molecule has 2 rings (SSSR count). The number of hydrogen-bond acceptors (Lipinski definition) is 2. The van der Waals surface area contributed by atoms with Crippen molar-refractivity contribution in [2.24, 2.45) is 0 Å². The van der Waals surface area contributed by atoms with Crippen LogP contribution in [0.1, 0.15) is 32.1 Å². The summed E-state index contributed by atoms with van der Waals surface area (Å²) < 4.78 is 2.06. The molecule has 82 valence electrons. The average molecular weight is 225 g/mol. The van der Waals surface area contributed by atoms with E-state index >= 15 is 0 Å². The molecule has 0 bridgehead atoms. The van der Waals surface area contributed by atoms with Gasteiger partial charge in [0.25, 0.3) is 0 Å². The lowest BCUT2D eigenvalue weighted by molar-refractivity contribution is 0.611. The number of aromatic nitrogens is 3. The Bertz CT molecular complexity index is 438. The molecule has 1 heterocycles. The zero-order valence-electron chi connectivity index (χ0n) is 8.58. The van der Waals surface area contributed by atoms with Gasteiger partial charge in [-0.3, -0.25) is 9.67 Å². The molecule has 1 aliphatic carbocycles. The standard InChI is InChI=1S/C10H15N3OS/c14-9-11-12-10(15)13(9)7-6-8-4-2-1-3-5-8/h4H,1-3,5-7H2,(H,11,14)(H,12,15). The van der Waals surface area contributed by atoms with Crippen LogP contribution in [0, 0.1) is 4.77 Å². The van der Waals surface area contributed by atoms with E-state index in [4.69, 9.17) is 12.2 Å². The summed E-state index contributed by atoms with van der Waals surface area (Å²) in [5.74, 6) is 0. The molecule has 15 heavy (non-hydrogen) atoms. The first-order chi connectivity index (χ1) is 7.27. The number of rotatable bonds is 3. The molecule has 2 N–H and O–H groups in total. The predicted molar refractivity (Wildman–Crippen MR) is 61.4 cm³/mol. The van der Waals surface area contributed by atoms with Gasteiger partial charge >= 0.3 is 5.69 Å². The highest BCUT2D eigenvalue weighted by atomic mass is 32.1. The lowest BCUT2D eigenvalue weighted by Gasteiger charge is -2.12. The second-order valence-corrected chi connectivity index (χ2v) is 4.26. The summed E-state index contributed by atoms with van der Waals surface area (Å²) in [5.41, 5.74) is 1.32. The Balaban J connectivity index is 2.01. The summed E-state index contributed by atoms with van der Waals surface area (Å²) in [5, 5.41) is 5.13. The van der Waals surface area contributed by atoms with E-state index in [1.807, 2.05) is 0 Å². The topological polar surface area (TPSA) is 53.6 Å². The largest absolute Gasteiger partial charge is 0.342 e. The van der Waals surface area contributed by atoms with Gasteiger partial charge in [-0.25, -0.2) is 9.89 Å². The fourth-order valence-electron chi connectivity index (χ4n) is 1.92. The molecule has 1 aromatic rings. The number of hydrogen-bond donors (Lipinski definition) is 2. The van der Waals surface area contributed by atoms with Crippen LogP contribution in [-0.2, 0) is 6.54 Å². The van der Waals surface area contributed by atoms with E-state index in [2.05, 4.69) is 16.3 Å². The summed E-state index contributed by atoms with van der Waals surface area (Å²) in [6.45, 7) is 0.684. The third-order valence-corrected chi connectivity index (χ3v) is 3.13. The zero-order chi connectivity index (χ0) is 10.7. The minimum absolute atomic E-state index is 0.142. The van der Waals surface area contributed by atoms with Crippen molar-refractivity contribution in [3.05, 3.63) is 26.9 Å². The Morgan fingerprint density at radius 3 is 2.87 bits per heavy atom.